The smallest absolute Gasteiger partial charge is 0.0812 e. The summed E-state index contributed by atoms with van der Waals surface area (Å²) in [5.74, 6) is 0.695. The van der Waals surface area contributed by atoms with Gasteiger partial charge in [-0.05, 0) is 31.0 Å². The van der Waals surface area contributed by atoms with Gasteiger partial charge in [0.15, 0.2) is 0 Å². The molecule has 0 saturated carbocycles. The van der Waals surface area contributed by atoms with Crippen LogP contribution in [0.2, 0.25) is 0 Å². The van der Waals surface area contributed by atoms with Crippen LogP contribution in [0.25, 0.3) is 0 Å². The lowest BCUT2D eigenvalue weighted by molar-refractivity contribution is 0.595. The third-order valence-electron chi connectivity index (χ3n) is 2.80. The maximum absolute atomic E-state index is 4.44. The van der Waals surface area contributed by atoms with Crippen LogP contribution in [0, 0.1) is 0 Å². The molecule has 0 fully saturated rings. The summed E-state index contributed by atoms with van der Waals surface area (Å²) in [6.45, 7) is 6.72. The lowest BCUT2D eigenvalue weighted by Gasteiger charge is -2.11. The minimum absolute atomic E-state index is 0.470. The molecule has 4 atom stereocenters. The van der Waals surface area contributed by atoms with Gasteiger partial charge < -0.3 is 0 Å². The summed E-state index contributed by atoms with van der Waals surface area (Å²) in [6, 6.07) is 0. The van der Waals surface area contributed by atoms with E-state index in [2.05, 4.69) is 45.7 Å². The molecule has 0 radical (unpaired) electrons. The molecule has 0 aromatic carbocycles. The highest BCUT2D eigenvalue weighted by Gasteiger charge is 2.12. The standard InChI is InChI=1S/C11H22N2P2/c1-4-6-9(5-2)10-7-12-13(8-10)11(14)15-3/h7-9,11,15H,4-6,14H2,1-3H3. The Morgan fingerprint density at radius 3 is 2.80 bits per heavy atom. The van der Waals surface area contributed by atoms with E-state index in [0.29, 0.717) is 11.4 Å². The summed E-state index contributed by atoms with van der Waals surface area (Å²) in [5.41, 5.74) is 1.88. The van der Waals surface area contributed by atoms with E-state index in [4.69, 9.17) is 0 Å². The molecule has 4 heteroatoms. The van der Waals surface area contributed by atoms with E-state index in [1.165, 1.54) is 24.8 Å². The van der Waals surface area contributed by atoms with E-state index in [1.807, 2.05) is 6.20 Å². The van der Waals surface area contributed by atoms with Crippen molar-refractivity contribution < 1.29 is 0 Å². The van der Waals surface area contributed by atoms with Gasteiger partial charge in [0, 0.05) is 6.20 Å². The SMILES string of the molecule is CCCC(CC)c1cnn(C(P)PC)c1. The average molecular weight is 244 g/mol. The highest BCUT2D eigenvalue weighted by molar-refractivity contribution is 7.48. The molecule has 0 aliphatic carbocycles. The van der Waals surface area contributed by atoms with Crippen LogP contribution in [-0.4, -0.2) is 16.4 Å². The van der Waals surface area contributed by atoms with Crippen molar-refractivity contribution in [1.82, 2.24) is 9.78 Å². The molecule has 1 rings (SSSR count). The number of hydrogen-bond acceptors (Lipinski definition) is 1. The molecule has 0 bridgehead atoms. The van der Waals surface area contributed by atoms with E-state index >= 15 is 0 Å². The van der Waals surface area contributed by atoms with Crippen LogP contribution < -0.4 is 0 Å². The summed E-state index contributed by atoms with van der Waals surface area (Å²) in [6.07, 6.45) is 8.01. The van der Waals surface area contributed by atoms with Crippen molar-refractivity contribution in [2.45, 2.75) is 44.6 Å². The van der Waals surface area contributed by atoms with E-state index in [9.17, 15) is 0 Å². The van der Waals surface area contributed by atoms with Crippen molar-refractivity contribution in [3.05, 3.63) is 18.0 Å². The van der Waals surface area contributed by atoms with E-state index in [1.54, 1.807) is 0 Å². The van der Waals surface area contributed by atoms with Crippen LogP contribution in [0.3, 0.4) is 0 Å². The van der Waals surface area contributed by atoms with E-state index in [-0.39, 0.29) is 0 Å². The summed E-state index contributed by atoms with van der Waals surface area (Å²) in [4.78, 5) is 0. The first-order valence-electron chi connectivity index (χ1n) is 5.69. The summed E-state index contributed by atoms with van der Waals surface area (Å²) in [5, 5.41) is 4.44. The van der Waals surface area contributed by atoms with Crippen LogP contribution in [0.5, 0.6) is 0 Å². The van der Waals surface area contributed by atoms with Crippen molar-refractivity contribution in [3.63, 3.8) is 0 Å². The largest absolute Gasteiger partial charge is 0.262 e. The van der Waals surface area contributed by atoms with Crippen LogP contribution >= 0.6 is 17.8 Å². The number of rotatable bonds is 6. The van der Waals surface area contributed by atoms with Crippen molar-refractivity contribution in [2.24, 2.45) is 0 Å². The number of nitrogens with zero attached hydrogens (tertiary/aromatic N) is 2. The van der Waals surface area contributed by atoms with Gasteiger partial charge in [0.2, 0.25) is 0 Å². The molecule has 0 N–H and O–H groups in total. The second-order valence-electron chi connectivity index (χ2n) is 3.88. The second-order valence-corrected chi connectivity index (χ2v) is 6.35. The zero-order chi connectivity index (χ0) is 11.3. The van der Waals surface area contributed by atoms with Crippen LogP contribution in [0.1, 0.15) is 50.1 Å². The zero-order valence-corrected chi connectivity index (χ0v) is 12.1. The van der Waals surface area contributed by atoms with Gasteiger partial charge in [-0.2, -0.15) is 5.10 Å². The zero-order valence-electron chi connectivity index (χ0n) is 9.90. The Labute approximate surface area is 97.2 Å². The second kappa shape index (κ2) is 6.61. The summed E-state index contributed by atoms with van der Waals surface area (Å²) < 4.78 is 2.08. The first kappa shape index (κ1) is 13.1. The topological polar surface area (TPSA) is 17.8 Å². The fourth-order valence-electron chi connectivity index (χ4n) is 1.80. The molecular formula is C11H22N2P2. The van der Waals surface area contributed by atoms with Crippen molar-refractivity contribution in [1.29, 1.82) is 0 Å². The fourth-order valence-corrected chi connectivity index (χ4v) is 2.37. The first-order valence-corrected chi connectivity index (χ1v) is 7.94. The van der Waals surface area contributed by atoms with Crippen molar-refractivity contribution in [3.8, 4) is 0 Å². The summed E-state index contributed by atoms with van der Waals surface area (Å²) in [7, 11) is 3.73. The predicted molar refractivity (Wildman–Crippen MR) is 73.2 cm³/mol. The maximum atomic E-state index is 4.44. The molecule has 0 aliphatic heterocycles. The molecule has 0 aliphatic rings. The van der Waals surface area contributed by atoms with Crippen molar-refractivity contribution >= 4 is 17.8 Å². The Kier molecular flexibility index (Phi) is 5.79. The predicted octanol–water partition coefficient (Wildman–Crippen LogP) is 3.82. The van der Waals surface area contributed by atoms with Gasteiger partial charge in [0.25, 0.3) is 0 Å². The Bertz CT molecular complexity index is 286. The molecule has 1 heterocycles. The lowest BCUT2D eigenvalue weighted by atomic mass is 9.95. The van der Waals surface area contributed by atoms with Gasteiger partial charge in [0.1, 0.15) is 0 Å². The molecule has 15 heavy (non-hydrogen) atoms. The molecule has 4 unspecified atom stereocenters. The van der Waals surface area contributed by atoms with Gasteiger partial charge in [-0.15, -0.1) is 9.24 Å². The minimum Gasteiger partial charge on any atom is -0.262 e. The fraction of sp³-hybridized carbons (Fsp3) is 0.727. The molecule has 0 spiro atoms. The van der Waals surface area contributed by atoms with Gasteiger partial charge >= 0.3 is 0 Å². The highest BCUT2D eigenvalue weighted by Crippen LogP contribution is 2.33. The average Bonchev–Trinajstić information content (AvgIpc) is 2.73. The number of aromatic nitrogens is 2. The third kappa shape index (κ3) is 3.54. The first-order chi connectivity index (χ1) is 7.22. The van der Waals surface area contributed by atoms with Crippen LogP contribution in [-0.2, 0) is 0 Å². The maximum Gasteiger partial charge on any atom is 0.0812 e. The quantitative estimate of drug-likeness (QED) is 0.696. The third-order valence-corrected chi connectivity index (χ3v) is 4.97. The monoisotopic (exact) mass is 244 g/mol. The van der Waals surface area contributed by atoms with Crippen molar-refractivity contribution in [2.75, 3.05) is 6.66 Å². The lowest BCUT2D eigenvalue weighted by Crippen LogP contribution is -1.97. The van der Waals surface area contributed by atoms with E-state index < -0.39 is 0 Å². The normalized spacial score (nSPS) is 16.0. The molecule has 0 amide bonds. The van der Waals surface area contributed by atoms with Crippen LogP contribution in [0.15, 0.2) is 12.4 Å². The highest BCUT2D eigenvalue weighted by atomic mass is 31.1. The Morgan fingerprint density at radius 1 is 1.53 bits per heavy atom. The Hall–Kier alpha value is 0.0700. The summed E-state index contributed by atoms with van der Waals surface area (Å²) >= 11 is 0. The molecular weight excluding hydrogens is 222 g/mol. The molecule has 1 aromatic rings. The van der Waals surface area contributed by atoms with Gasteiger partial charge in [-0.1, -0.05) is 28.8 Å². The molecule has 86 valence electrons. The minimum atomic E-state index is 0.470. The molecule has 1 aromatic heterocycles. The van der Waals surface area contributed by atoms with Crippen LogP contribution in [0.4, 0.5) is 0 Å². The van der Waals surface area contributed by atoms with Gasteiger partial charge in [-0.25, -0.2) is 0 Å². The Morgan fingerprint density at radius 2 is 2.27 bits per heavy atom. The molecule has 2 nitrogen and oxygen atoms in total. The number of hydrogen-bond donors (Lipinski definition) is 0. The van der Waals surface area contributed by atoms with E-state index in [0.717, 1.165) is 8.58 Å². The van der Waals surface area contributed by atoms with Gasteiger partial charge in [0.05, 0.1) is 11.7 Å². The van der Waals surface area contributed by atoms with Gasteiger partial charge in [-0.3, -0.25) is 4.68 Å². The Balaban J connectivity index is 2.72. The molecule has 0 saturated heterocycles.